The zero-order chi connectivity index (χ0) is 18.6. The van der Waals surface area contributed by atoms with Crippen molar-refractivity contribution in [3.8, 4) is 16.5 Å². The number of piperazine rings is 1. The maximum atomic E-state index is 12.8. The highest BCUT2D eigenvalue weighted by Gasteiger charge is 2.24. The number of benzene rings is 1. The molecular weight excluding hydrogens is 362 g/mol. The van der Waals surface area contributed by atoms with Crippen LogP contribution in [0, 0.1) is 0 Å². The van der Waals surface area contributed by atoms with Gasteiger partial charge in [-0.1, -0.05) is 6.07 Å². The third-order valence-electron chi connectivity index (χ3n) is 4.49. The van der Waals surface area contributed by atoms with Crippen LogP contribution in [0.15, 0.2) is 48.2 Å². The number of rotatable bonds is 4. The maximum Gasteiger partial charge on any atom is 0.273 e. The lowest BCUT2D eigenvalue weighted by atomic mass is 10.2. The van der Waals surface area contributed by atoms with Crippen molar-refractivity contribution in [2.45, 2.75) is 0 Å². The molecule has 0 saturated carbocycles. The summed E-state index contributed by atoms with van der Waals surface area (Å²) in [6.07, 6.45) is 4.89. The lowest BCUT2D eigenvalue weighted by molar-refractivity contribution is 0.0741. The molecule has 0 N–H and O–H groups in total. The Kier molecular flexibility index (Phi) is 4.97. The van der Waals surface area contributed by atoms with Crippen molar-refractivity contribution in [2.75, 3.05) is 38.2 Å². The minimum absolute atomic E-state index is 0.0355. The monoisotopic (exact) mass is 381 g/mol. The molecule has 0 radical (unpaired) electrons. The predicted molar refractivity (Wildman–Crippen MR) is 104 cm³/mol. The summed E-state index contributed by atoms with van der Waals surface area (Å²) < 4.78 is 5.29. The Morgan fingerprint density at radius 3 is 2.78 bits per heavy atom. The molecule has 1 fully saturated rings. The van der Waals surface area contributed by atoms with Gasteiger partial charge in [-0.25, -0.2) is 4.98 Å². The molecule has 0 unspecified atom stereocenters. The molecule has 0 aliphatic carbocycles. The fourth-order valence-corrected chi connectivity index (χ4v) is 3.79. The van der Waals surface area contributed by atoms with Gasteiger partial charge in [0, 0.05) is 55.7 Å². The normalized spacial score (nSPS) is 14.3. The molecule has 8 heteroatoms. The summed E-state index contributed by atoms with van der Waals surface area (Å²) in [7, 11) is 1.67. The van der Waals surface area contributed by atoms with Crippen LogP contribution in [-0.4, -0.2) is 59.0 Å². The van der Waals surface area contributed by atoms with Gasteiger partial charge in [0.25, 0.3) is 5.91 Å². The molecule has 2 aromatic heterocycles. The van der Waals surface area contributed by atoms with E-state index >= 15 is 0 Å². The van der Waals surface area contributed by atoms with E-state index in [1.807, 2.05) is 23.1 Å². The van der Waals surface area contributed by atoms with E-state index in [2.05, 4.69) is 25.9 Å². The van der Waals surface area contributed by atoms with Crippen LogP contribution in [0.2, 0.25) is 0 Å². The van der Waals surface area contributed by atoms with Crippen LogP contribution in [0.3, 0.4) is 0 Å². The zero-order valence-corrected chi connectivity index (χ0v) is 15.7. The maximum absolute atomic E-state index is 12.8. The van der Waals surface area contributed by atoms with E-state index in [0.29, 0.717) is 29.5 Å². The Balaban J connectivity index is 1.41. The van der Waals surface area contributed by atoms with E-state index in [0.717, 1.165) is 24.5 Å². The fraction of sp³-hybridized carbons (Fsp3) is 0.263. The van der Waals surface area contributed by atoms with Crippen LogP contribution >= 0.6 is 11.3 Å². The van der Waals surface area contributed by atoms with Crippen LogP contribution in [0.1, 0.15) is 10.5 Å². The van der Waals surface area contributed by atoms with Gasteiger partial charge in [0.2, 0.25) is 0 Å². The Morgan fingerprint density at radius 2 is 2.04 bits per heavy atom. The van der Waals surface area contributed by atoms with E-state index in [4.69, 9.17) is 4.74 Å². The summed E-state index contributed by atoms with van der Waals surface area (Å²) in [5, 5.41) is 2.50. The van der Waals surface area contributed by atoms with Gasteiger partial charge in [-0.3, -0.25) is 14.8 Å². The number of carbonyl (C=O) groups excluding carboxylic acids is 1. The quantitative estimate of drug-likeness (QED) is 0.692. The first-order chi connectivity index (χ1) is 13.2. The average molecular weight is 381 g/mol. The van der Waals surface area contributed by atoms with Crippen molar-refractivity contribution in [3.05, 3.63) is 53.9 Å². The number of methoxy groups -OCH3 is 1. The Hall–Kier alpha value is -3.00. The lowest BCUT2D eigenvalue weighted by Crippen LogP contribution is -2.48. The average Bonchev–Trinajstić information content (AvgIpc) is 3.24. The lowest BCUT2D eigenvalue weighted by Gasteiger charge is -2.35. The molecule has 1 aliphatic rings. The number of hydrogen-bond donors (Lipinski definition) is 0. The summed E-state index contributed by atoms with van der Waals surface area (Å²) in [6.45, 7) is 2.88. The molecule has 1 aromatic carbocycles. The molecule has 7 nitrogen and oxygen atoms in total. The zero-order valence-electron chi connectivity index (χ0n) is 14.9. The van der Waals surface area contributed by atoms with E-state index < -0.39 is 0 Å². The molecule has 4 rings (SSSR count). The molecular formula is C19H19N5O2S. The number of aromatic nitrogens is 3. The van der Waals surface area contributed by atoms with Gasteiger partial charge in [-0.15, -0.1) is 11.3 Å². The molecule has 27 heavy (non-hydrogen) atoms. The molecule has 0 bridgehead atoms. The van der Waals surface area contributed by atoms with Crippen LogP contribution in [0.5, 0.6) is 5.75 Å². The Bertz CT molecular complexity index is 923. The summed E-state index contributed by atoms with van der Waals surface area (Å²) >= 11 is 1.41. The first kappa shape index (κ1) is 17.4. The number of anilines is 1. The van der Waals surface area contributed by atoms with Crippen molar-refractivity contribution >= 4 is 22.9 Å². The number of carbonyl (C=O) groups is 1. The van der Waals surface area contributed by atoms with Gasteiger partial charge in [0.1, 0.15) is 22.1 Å². The van der Waals surface area contributed by atoms with Crippen LogP contribution in [-0.2, 0) is 0 Å². The summed E-state index contributed by atoms with van der Waals surface area (Å²) in [5.74, 6) is 0.803. The van der Waals surface area contributed by atoms with Crippen molar-refractivity contribution in [1.82, 2.24) is 19.9 Å². The SMILES string of the molecule is COc1cccc(N2CCN(C(=O)c3csc(-c4cnccn4)n3)CC2)c1. The highest BCUT2D eigenvalue weighted by Crippen LogP contribution is 2.24. The minimum atomic E-state index is -0.0355. The third-order valence-corrected chi connectivity index (χ3v) is 5.36. The second-order valence-corrected chi connectivity index (χ2v) is 6.97. The fourth-order valence-electron chi connectivity index (χ4n) is 3.04. The van der Waals surface area contributed by atoms with E-state index in [1.165, 1.54) is 11.3 Å². The number of amides is 1. The van der Waals surface area contributed by atoms with E-state index in [1.54, 1.807) is 31.1 Å². The van der Waals surface area contributed by atoms with Crippen molar-refractivity contribution in [2.24, 2.45) is 0 Å². The van der Waals surface area contributed by atoms with Gasteiger partial charge >= 0.3 is 0 Å². The van der Waals surface area contributed by atoms with Gasteiger partial charge in [-0.05, 0) is 12.1 Å². The van der Waals surface area contributed by atoms with Crippen LogP contribution < -0.4 is 9.64 Å². The first-order valence-electron chi connectivity index (χ1n) is 8.65. The van der Waals surface area contributed by atoms with Gasteiger partial charge in [0.15, 0.2) is 0 Å². The van der Waals surface area contributed by atoms with Crippen LogP contribution in [0.25, 0.3) is 10.7 Å². The molecule has 0 spiro atoms. The van der Waals surface area contributed by atoms with Crippen molar-refractivity contribution in [1.29, 1.82) is 0 Å². The summed E-state index contributed by atoms with van der Waals surface area (Å²) in [5.41, 5.74) is 2.26. The molecule has 1 saturated heterocycles. The standard InChI is InChI=1S/C19H19N5O2S/c1-26-15-4-2-3-14(11-15)23-7-9-24(10-8-23)19(25)17-13-27-18(22-17)16-12-20-5-6-21-16/h2-6,11-13H,7-10H2,1H3. The molecule has 1 aliphatic heterocycles. The number of hydrogen-bond acceptors (Lipinski definition) is 7. The summed E-state index contributed by atoms with van der Waals surface area (Å²) in [4.78, 5) is 29.6. The molecule has 138 valence electrons. The highest BCUT2D eigenvalue weighted by atomic mass is 32.1. The number of nitrogens with zero attached hydrogens (tertiary/aromatic N) is 5. The third kappa shape index (κ3) is 3.75. The first-order valence-corrected chi connectivity index (χ1v) is 9.53. The summed E-state index contributed by atoms with van der Waals surface area (Å²) in [6, 6.07) is 7.99. The largest absolute Gasteiger partial charge is 0.497 e. The van der Waals surface area contributed by atoms with E-state index in [-0.39, 0.29) is 5.91 Å². The second kappa shape index (κ2) is 7.71. The van der Waals surface area contributed by atoms with Gasteiger partial charge in [-0.2, -0.15) is 0 Å². The Morgan fingerprint density at radius 1 is 1.19 bits per heavy atom. The second-order valence-electron chi connectivity index (χ2n) is 6.11. The van der Waals surface area contributed by atoms with E-state index in [9.17, 15) is 4.79 Å². The predicted octanol–water partition coefficient (Wildman–Crippen LogP) is 2.57. The molecule has 1 amide bonds. The topological polar surface area (TPSA) is 71.5 Å². The minimum Gasteiger partial charge on any atom is -0.497 e. The molecule has 3 heterocycles. The van der Waals surface area contributed by atoms with Gasteiger partial charge in [0.05, 0.1) is 13.3 Å². The van der Waals surface area contributed by atoms with Gasteiger partial charge < -0.3 is 14.5 Å². The van der Waals surface area contributed by atoms with Crippen molar-refractivity contribution < 1.29 is 9.53 Å². The Labute approximate surface area is 161 Å². The highest BCUT2D eigenvalue weighted by molar-refractivity contribution is 7.13. The molecule has 3 aromatic rings. The molecule has 0 atom stereocenters. The number of thiazole rings is 1. The van der Waals surface area contributed by atoms with Crippen LogP contribution in [0.4, 0.5) is 5.69 Å². The van der Waals surface area contributed by atoms with Crippen molar-refractivity contribution in [3.63, 3.8) is 0 Å². The number of ether oxygens (including phenoxy) is 1. The smallest absolute Gasteiger partial charge is 0.273 e.